The summed E-state index contributed by atoms with van der Waals surface area (Å²) in [6, 6.07) is 11.7. The summed E-state index contributed by atoms with van der Waals surface area (Å²) in [5.41, 5.74) is 1.83. The van der Waals surface area contributed by atoms with Crippen LogP contribution in [0.15, 0.2) is 47.4 Å². The molecule has 4 heteroatoms. The van der Waals surface area contributed by atoms with Gasteiger partial charge in [0.2, 0.25) is 5.43 Å². The normalized spacial score (nSPS) is 10.9. The van der Waals surface area contributed by atoms with Crippen LogP contribution in [0.25, 0.3) is 0 Å². The van der Waals surface area contributed by atoms with Crippen LogP contribution in [0.5, 0.6) is 5.75 Å². The number of rotatable bonds is 5. The lowest BCUT2D eigenvalue weighted by molar-refractivity contribution is 0.381. The van der Waals surface area contributed by atoms with Crippen molar-refractivity contribution in [3.63, 3.8) is 0 Å². The van der Waals surface area contributed by atoms with Crippen LogP contribution in [0.4, 0.5) is 0 Å². The largest absolute Gasteiger partial charge is 0.503 e. The zero-order valence-electron chi connectivity index (χ0n) is 11.9. The van der Waals surface area contributed by atoms with E-state index in [4.69, 9.17) is 0 Å². The molecule has 0 unspecified atom stereocenters. The zero-order chi connectivity index (χ0) is 14.5. The number of pyridine rings is 1. The van der Waals surface area contributed by atoms with Crippen LogP contribution in [0.1, 0.15) is 11.3 Å². The summed E-state index contributed by atoms with van der Waals surface area (Å²) in [5.74, 6) is -0.194. The third kappa shape index (κ3) is 3.71. The van der Waals surface area contributed by atoms with E-state index in [1.807, 2.05) is 41.8 Å². The number of benzene rings is 1. The van der Waals surface area contributed by atoms with Crippen LogP contribution in [0.2, 0.25) is 0 Å². The van der Waals surface area contributed by atoms with Gasteiger partial charge in [0, 0.05) is 24.8 Å². The number of aryl methyl sites for hydroxylation is 2. The van der Waals surface area contributed by atoms with Gasteiger partial charge in [-0.3, -0.25) is 4.79 Å². The van der Waals surface area contributed by atoms with Gasteiger partial charge in [-0.15, -0.1) is 0 Å². The van der Waals surface area contributed by atoms with Gasteiger partial charge < -0.3 is 14.6 Å². The molecule has 1 aromatic heterocycles. The number of hydrogen-bond acceptors (Lipinski definition) is 3. The van der Waals surface area contributed by atoms with Crippen molar-refractivity contribution in [3.8, 4) is 5.75 Å². The van der Waals surface area contributed by atoms with Crippen molar-refractivity contribution in [1.29, 1.82) is 0 Å². The van der Waals surface area contributed by atoms with E-state index in [9.17, 15) is 9.90 Å². The van der Waals surface area contributed by atoms with Crippen molar-refractivity contribution in [1.82, 2.24) is 9.47 Å². The fourth-order valence-electron chi connectivity index (χ4n) is 2.17. The smallest absolute Gasteiger partial charge is 0.223 e. The van der Waals surface area contributed by atoms with Crippen molar-refractivity contribution in [2.75, 3.05) is 14.1 Å². The Morgan fingerprint density at radius 2 is 1.90 bits per heavy atom. The molecule has 0 saturated heterocycles. The lowest BCUT2D eigenvalue weighted by atomic mass is 10.1. The van der Waals surface area contributed by atoms with Crippen LogP contribution >= 0.6 is 0 Å². The van der Waals surface area contributed by atoms with E-state index in [1.165, 1.54) is 17.8 Å². The molecule has 2 aromatic rings. The molecule has 0 aliphatic heterocycles. The van der Waals surface area contributed by atoms with Crippen molar-refractivity contribution < 1.29 is 5.11 Å². The summed E-state index contributed by atoms with van der Waals surface area (Å²) in [4.78, 5) is 13.6. The summed E-state index contributed by atoms with van der Waals surface area (Å²) >= 11 is 0. The van der Waals surface area contributed by atoms with E-state index < -0.39 is 0 Å². The molecule has 0 radical (unpaired) electrons. The minimum absolute atomic E-state index is 0.194. The Kier molecular flexibility index (Phi) is 4.58. The number of aromatic nitrogens is 1. The average Bonchev–Trinajstić information content (AvgIpc) is 2.42. The summed E-state index contributed by atoms with van der Waals surface area (Å²) in [5, 5.41) is 9.61. The maximum absolute atomic E-state index is 11.6. The molecule has 106 valence electrons. The second kappa shape index (κ2) is 6.39. The number of hydrogen-bond donors (Lipinski definition) is 1. The van der Waals surface area contributed by atoms with Gasteiger partial charge in [-0.1, -0.05) is 30.3 Å². The van der Waals surface area contributed by atoms with Gasteiger partial charge >= 0.3 is 0 Å². The Morgan fingerprint density at radius 3 is 2.55 bits per heavy atom. The quantitative estimate of drug-likeness (QED) is 0.903. The Labute approximate surface area is 118 Å². The SMILES string of the molecule is CN(C)Cc1cc(=O)c(O)cn1CCc1ccccc1. The standard InChI is InChI=1S/C16H20N2O2/c1-17(2)11-14-10-15(19)16(20)12-18(14)9-8-13-6-4-3-5-7-13/h3-7,10,12,20H,8-9,11H2,1-2H3. The summed E-state index contributed by atoms with van der Waals surface area (Å²) in [7, 11) is 3.91. The monoisotopic (exact) mass is 272 g/mol. The molecule has 1 N–H and O–H groups in total. The Morgan fingerprint density at radius 1 is 1.20 bits per heavy atom. The van der Waals surface area contributed by atoms with Crippen molar-refractivity contribution in [2.24, 2.45) is 0 Å². The molecule has 0 bridgehead atoms. The highest BCUT2D eigenvalue weighted by molar-refractivity contribution is 5.21. The van der Waals surface area contributed by atoms with E-state index in [0.717, 1.165) is 18.7 Å². The molecule has 0 amide bonds. The van der Waals surface area contributed by atoms with E-state index >= 15 is 0 Å². The molecule has 1 aromatic carbocycles. The molecule has 0 spiro atoms. The molecule has 0 atom stereocenters. The van der Waals surface area contributed by atoms with Gasteiger partial charge in [-0.2, -0.15) is 0 Å². The Hall–Kier alpha value is -2.07. The molecule has 0 fully saturated rings. The topological polar surface area (TPSA) is 45.5 Å². The second-order valence-electron chi connectivity index (χ2n) is 5.18. The van der Waals surface area contributed by atoms with Gasteiger partial charge in [0.1, 0.15) is 0 Å². The molecule has 1 heterocycles. The van der Waals surface area contributed by atoms with Gasteiger partial charge in [0.15, 0.2) is 5.75 Å². The van der Waals surface area contributed by atoms with Crippen molar-refractivity contribution in [3.05, 3.63) is 64.1 Å². The van der Waals surface area contributed by atoms with Crippen LogP contribution in [-0.2, 0) is 19.5 Å². The number of nitrogens with zero attached hydrogens (tertiary/aromatic N) is 2. The molecule has 2 rings (SSSR count). The zero-order valence-corrected chi connectivity index (χ0v) is 11.9. The first-order chi connectivity index (χ1) is 9.56. The van der Waals surface area contributed by atoms with E-state index in [2.05, 4.69) is 12.1 Å². The highest BCUT2D eigenvalue weighted by Gasteiger charge is 2.07. The molecule has 0 saturated carbocycles. The van der Waals surface area contributed by atoms with Crippen molar-refractivity contribution >= 4 is 0 Å². The van der Waals surface area contributed by atoms with Gasteiger partial charge in [0.05, 0.1) is 6.20 Å². The Balaban J connectivity index is 2.21. The summed E-state index contributed by atoms with van der Waals surface area (Å²) in [6.07, 6.45) is 2.40. The fraction of sp³-hybridized carbons (Fsp3) is 0.312. The minimum Gasteiger partial charge on any atom is -0.503 e. The van der Waals surface area contributed by atoms with Crippen LogP contribution in [0.3, 0.4) is 0 Å². The van der Waals surface area contributed by atoms with Crippen LogP contribution in [0, 0.1) is 0 Å². The number of aromatic hydroxyl groups is 1. The first-order valence-corrected chi connectivity index (χ1v) is 6.67. The van der Waals surface area contributed by atoms with E-state index in [1.54, 1.807) is 0 Å². The minimum atomic E-state index is -0.321. The lowest BCUT2D eigenvalue weighted by Crippen LogP contribution is -2.20. The highest BCUT2D eigenvalue weighted by Crippen LogP contribution is 2.09. The van der Waals surface area contributed by atoms with Crippen LogP contribution in [-0.4, -0.2) is 28.7 Å². The maximum atomic E-state index is 11.6. The molecule has 20 heavy (non-hydrogen) atoms. The van der Waals surface area contributed by atoms with E-state index in [0.29, 0.717) is 6.54 Å². The van der Waals surface area contributed by atoms with Gasteiger partial charge in [0.25, 0.3) is 0 Å². The molecular formula is C16H20N2O2. The second-order valence-corrected chi connectivity index (χ2v) is 5.18. The fourth-order valence-corrected chi connectivity index (χ4v) is 2.17. The maximum Gasteiger partial charge on any atom is 0.223 e. The average molecular weight is 272 g/mol. The predicted octanol–water partition coefficient (Wildman–Crippen LogP) is 1.86. The van der Waals surface area contributed by atoms with Crippen LogP contribution < -0.4 is 5.43 Å². The molecule has 0 aliphatic rings. The third-order valence-corrected chi connectivity index (χ3v) is 3.16. The van der Waals surface area contributed by atoms with Gasteiger partial charge in [-0.25, -0.2) is 0 Å². The molecule has 0 aliphatic carbocycles. The Bertz CT molecular complexity index is 618. The predicted molar refractivity (Wildman–Crippen MR) is 79.9 cm³/mol. The summed E-state index contributed by atoms with van der Waals surface area (Å²) < 4.78 is 1.95. The summed E-state index contributed by atoms with van der Waals surface area (Å²) in [6.45, 7) is 1.41. The van der Waals surface area contributed by atoms with Crippen molar-refractivity contribution in [2.45, 2.75) is 19.5 Å². The van der Waals surface area contributed by atoms with Gasteiger partial charge in [-0.05, 0) is 26.1 Å². The first kappa shape index (κ1) is 14.3. The first-order valence-electron chi connectivity index (χ1n) is 6.67. The molecular weight excluding hydrogens is 252 g/mol. The highest BCUT2D eigenvalue weighted by atomic mass is 16.3. The lowest BCUT2D eigenvalue weighted by Gasteiger charge is -2.17. The third-order valence-electron chi connectivity index (χ3n) is 3.16. The molecule has 4 nitrogen and oxygen atoms in total. The van der Waals surface area contributed by atoms with E-state index in [-0.39, 0.29) is 11.2 Å².